The van der Waals surface area contributed by atoms with Gasteiger partial charge in [0.2, 0.25) is 5.91 Å². The van der Waals surface area contributed by atoms with Crippen LogP contribution in [0.3, 0.4) is 0 Å². The molecule has 3 amide bonds. The van der Waals surface area contributed by atoms with Crippen LogP contribution < -0.4 is 15.5 Å². The number of halogens is 1. The third kappa shape index (κ3) is 3.46. The predicted molar refractivity (Wildman–Crippen MR) is 74.0 cm³/mol. The second-order valence-electron chi connectivity index (χ2n) is 5.15. The van der Waals surface area contributed by atoms with Gasteiger partial charge in [0, 0.05) is 24.7 Å². The molecule has 6 heteroatoms. The molecule has 108 valence electrons. The predicted octanol–water partition coefficient (Wildman–Crippen LogP) is 1.64. The highest BCUT2D eigenvalue weighted by Crippen LogP contribution is 2.21. The third-order valence-electron chi connectivity index (χ3n) is 3.02. The van der Waals surface area contributed by atoms with Crippen LogP contribution in [0.5, 0.6) is 0 Å². The first kappa shape index (κ1) is 14.3. The minimum absolute atomic E-state index is 0.0420. The Balaban J connectivity index is 1.97. The van der Waals surface area contributed by atoms with Gasteiger partial charge in [-0.1, -0.05) is 0 Å². The molecule has 1 aliphatic rings. The van der Waals surface area contributed by atoms with Gasteiger partial charge in [-0.15, -0.1) is 0 Å². The lowest BCUT2D eigenvalue weighted by atomic mass is 10.2. The average Bonchev–Trinajstić information content (AvgIpc) is 2.70. The van der Waals surface area contributed by atoms with Crippen LogP contribution in [0.15, 0.2) is 24.3 Å². The molecule has 0 bridgehead atoms. The first-order chi connectivity index (χ1) is 9.45. The fourth-order valence-electron chi connectivity index (χ4n) is 2.16. The van der Waals surface area contributed by atoms with Crippen LogP contribution in [0.25, 0.3) is 0 Å². The van der Waals surface area contributed by atoms with Gasteiger partial charge in [-0.05, 0) is 38.1 Å². The number of hydrogen-bond acceptors (Lipinski definition) is 2. The lowest BCUT2D eigenvalue weighted by Crippen LogP contribution is -2.45. The van der Waals surface area contributed by atoms with E-state index in [0.717, 1.165) is 0 Å². The molecule has 2 N–H and O–H groups in total. The standard InChI is InChI=1S/C14H18FN3O2/c1-9(2)16-14(20)17-11-7-13(19)18(8-11)12-5-3-10(15)4-6-12/h3-6,9,11H,7-8H2,1-2H3,(H2,16,17,20)/t11-/m0/s1. The smallest absolute Gasteiger partial charge is 0.315 e. The lowest BCUT2D eigenvalue weighted by molar-refractivity contribution is -0.117. The largest absolute Gasteiger partial charge is 0.336 e. The average molecular weight is 279 g/mol. The van der Waals surface area contributed by atoms with Crippen molar-refractivity contribution in [3.05, 3.63) is 30.1 Å². The highest BCUT2D eigenvalue weighted by atomic mass is 19.1. The van der Waals surface area contributed by atoms with Crippen molar-refractivity contribution in [2.45, 2.75) is 32.4 Å². The molecule has 0 aromatic heterocycles. The second kappa shape index (κ2) is 5.90. The molecule has 1 aromatic carbocycles. The van der Waals surface area contributed by atoms with Crippen molar-refractivity contribution < 1.29 is 14.0 Å². The van der Waals surface area contributed by atoms with Gasteiger partial charge in [-0.2, -0.15) is 0 Å². The van der Waals surface area contributed by atoms with Crippen LogP contribution in [0.1, 0.15) is 20.3 Å². The maximum atomic E-state index is 12.9. The van der Waals surface area contributed by atoms with Gasteiger partial charge in [-0.3, -0.25) is 4.79 Å². The molecule has 0 spiro atoms. The highest BCUT2D eigenvalue weighted by Gasteiger charge is 2.31. The minimum Gasteiger partial charge on any atom is -0.336 e. The minimum atomic E-state index is -0.341. The Morgan fingerprint density at radius 2 is 2.00 bits per heavy atom. The number of carbonyl (C=O) groups excluding carboxylic acids is 2. The van der Waals surface area contributed by atoms with Crippen LogP contribution in [0, 0.1) is 5.82 Å². The topological polar surface area (TPSA) is 61.4 Å². The monoisotopic (exact) mass is 279 g/mol. The van der Waals surface area contributed by atoms with Crippen molar-refractivity contribution in [2.75, 3.05) is 11.4 Å². The van der Waals surface area contributed by atoms with E-state index in [4.69, 9.17) is 0 Å². The zero-order chi connectivity index (χ0) is 14.7. The number of urea groups is 1. The van der Waals surface area contributed by atoms with Crippen LogP contribution >= 0.6 is 0 Å². The van der Waals surface area contributed by atoms with Crippen LogP contribution in [0.4, 0.5) is 14.9 Å². The first-order valence-corrected chi connectivity index (χ1v) is 6.58. The highest BCUT2D eigenvalue weighted by molar-refractivity contribution is 5.96. The van der Waals surface area contributed by atoms with Crippen molar-refractivity contribution in [2.24, 2.45) is 0 Å². The van der Waals surface area contributed by atoms with E-state index in [-0.39, 0.29) is 36.3 Å². The first-order valence-electron chi connectivity index (χ1n) is 6.58. The summed E-state index contributed by atoms with van der Waals surface area (Å²) in [6.07, 6.45) is 0.253. The number of nitrogens with one attached hydrogen (secondary N) is 2. The Bertz CT molecular complexity index is 502. The molecule has 0 unspecified atom stereocenters. The van der Waals surface area contributed by atoms with Crippen LogP contribution in [-0.2, 0) is 4.79 Å². The Morgan fingerprint density at radius 1 is 1.35 bits per heavy atom. The number of benzene rings is 1. The molecule has 2 rings (SSSR count). The molecule has 5 nitrogen and oxygen atoms in total. The van der Waals surface area contributed by atoms with Gasteiger partial charge in [0.1, 0.15) is 5.82 Å². The van der Waals surface area contributed by atoms with E-state index in [0.29, 0.717) is 12.2 Å². The molecule has 1 heterocycles. The fourth-order valence-corrected chi connectivity index (χ4v) is 2.16. The van der Waals surface area contributed by atoms with Crippen LogP contribution in [-0.4, -0.2) is 30.6 Å². The Labute approximate surface area is 117 Å². The molecule has 1 saturated heterocycles. The van der Waals surface area contributed by atoms with E-state index < -0.39 is 0 Å². The molecule has 1 atom stereocenters. The number of hydrogen-bond donors (Lipinski definition) is 2. The van der Waals surface area contributed by atoms with E-state index in [1.54, 1.807) is 17.0 Å². The van der Waals surface area contributed by atoms with E-state index in [1.807, 2.05) is 13.8 Å². The molecular formula is C14H18FN3O2. The van der Waals surface area contributed by atoms with Gasteiger partial charge in [-0.25, -0.2) is 9.18 Å². The molecule has 20 heavy (non-hydrogen) atoms. The summed E-state index contributed by atoms with van der Waals surface area (Å²) in [5.74, 6) is -0.419. The Kier molecular flexibility index (Phi) is 4.22. The second-order valence-corrected chi connectivity index (χ2v) is 5.15. The summed E-state index contributed by atoms with van der Waals surface area (Å²) in [6, 6.07) is 5.28. The van der Waals surface area contributed by atoms with E-state index in [2.05, 4.69) is 10.6 Å². The van der Waals surface area contributed by atoms with E-state index in [1.165, 1.54) is 12.1 Å². The Hall–Kier alpha value is -2.11. The van der Waals surface area contributed by atoms with Crippen molar-refractivity contribution in [3.8, 4) is 0 Å². The normalized spacial score (nSPS) is 18.5. The molecule has 0 saturated carbocycles. The summed E-state index contributed by atoms with van der Waals surface area (Å²) in [4.78, 5) is 25.1. The summed E-state index contributed by atoms with van der Waals surface area (Å²) in [5, 5.41) is 5.48. The molecule has 0 aliphatic carbocycles. The number of amides is 3. The molecule has 1 aromatic rings. The summed E-state index contributed by atoms with van der Waals surface area (Å²) in [7, 11) is 0. The number of carbonyl (C=O) groups is 2. The quantitative estimate of drug-likeness (QED) is 0.883. The van der Waals surface area contributed by atoms with E-state index >= 15 is 0 Å². The van der Waals surface area contributed by atoms with Gasteiger partial charge in [0.25, 0.3) is 0 Å². The SMILES string of the molecule is CC(C)NC(=O)N[C@H]1CC(=O)N(c2ccc(F)cc2)C1. The van der Waals surface area contributed by atoms with Crippen molar-refractivity contribution in [3.63, 3.8) is 0 Å². The number of rotatable bonds is 3. The third-order valence-corrected chi connectivity index (χ3v) is 3.02. The van der Waals surface area contributed by atoms with E-state index in [9.17, 15) is 14.0 Å². The van der Waals surface area contributed by atoms with Crippen molar-refractivity contribution >= 4 is 17.6 Å². The summed E-state index contributed by atoms with van der Waals surface area (Å²) < 4.78 is 12.9. The van der Waals surface area contributed by atoms with Crippen molar-refractivity contribution in [1.82, 2.24) is 10.6 Å². The van der Waals surface area contributed by atoms with Gasteiger partial charge in [0.05, 0.1) is 6.04 Å². The van der Waals surface area contributed by atoms with Gasteiger partial charge in [0.15, 0.2) is 0 Å². The van der Waals surface area contributed by atoms with Gasteiger partial charge < -0.3 is 15.5 Å². The summed E-state index contributed by atoms with van der Waals surface area (Å²) in [6.45, 7) is 4.13. The summed E-state index contributed by atoms with van der Waals surface area (Å²) >= 11 is 0. The molecule has 1 fully saturated rings. The van der Waals surface area contributed by atoms with Gasteiger partial charge >= 0.3 is 6.03 Å². The maximum Gasteiger partial charge on any atom is 0.315 e. The molecule has 0 radical (unpaired) electrons. The molecule has 1 aliphatic heterocycles. The zero-order valence-electron chi connectivity index (χ0n) is 11.5. The fraction of sp³-hybridized carbons (Fsp3) is 0.429. The Morgan fingerprint density at radius 3 is 2.60 bits per heavy atom. The lowest BCUT2D eigenvalue weighted by Gasteiger charge is -2.18. The zero-order valence-corrected chi connectivity index (χ0v) is 11.5. The number of anilines is 1. The van der Waals surface area contributed by atoms with Crippen molar-refractivity contribution in [1.29, 1.82) is 0 Å². The summed E-state index contributed by atoms with van der Waals surface area (Å²) in [5.41, 5.74) is 0.643. The van der Waals surface area contributed by atoms with Crippen LogP contribution in [0.2, 0.25) is 0 Å². The number of nitrogens with zero attached hydrogens (tertiary/aromatic N) is 1. The maximum absolute atomic E-state index is 12.9. The molecular weight excluding hydrogens is 261 g/mol.